The fourth-order valence-corrected chi connectivity index (χ4v) is 3.27. The van der Waals surface area contributed by atoms with Crippen LogP contribution < -0.4 is 10.5 Å². The predicted molar refractivity (Wildman–Crippen MR) is 103 cm³/mol. The Hall–Kier alpha value is -2.38. The quantitative estimate of drug-likeness (QED) is 0.812. The van der Waals surface area contributed by atoms with Gasteiger partial charge in [0.25, 0.3) is 0 Å². The first-order valence-electron chi connectivity index (χ1n) is 8.29. The summed E-state index contributed by atoms with van der Waals surface area (Å²) >= 11 is 0. The number of anilines is 1. The van der Waals surface area contributed by atoms with Gasteiger partial charge in [0.1, 0.15) is 0 Å². The van der Waals surface area contributed by atoms with Crippen molar-refractivity contribution in [2.75, 3.05) is 18.9 Å². The highest BCUT2D eigenvalue weighted by Crippen LogP contribution is 2.22. The second kappa shape index (κ2) is 7.88. The van der Waals surface area contributed by atoms with Gasteiger partial charge in [0, 0.05) is 12.7 Å². The number of hydrogen-bond donors (Lipinski definition) is 2. The molecule has 6 nitrogen and oxygen atoms in total. The molecule has 2 aromatic carbocycles. The van der Waals surface area contributed by atoms with Gasteiger partial charge in [0.15, 0.2) is 0 Å². The normalized spacial score (nSPS) is 12.5. The maximum atomic E-state index is 12.5. The van der Waals surface area contributed by atoms with E-state index in [4.69, 9.17) is 5.14 Å². The molecular weight excluding hydrogens is 350 g/mol. The van der Waals surface area contributed by atoms with Crippen molar-refractivity contribution in [1.29, 1.82) is 0 Å². The Bertz CT molecular complexity index is 872. The van der Waals surface area contributed by atoms with Crippen LogP contribution in [-0.4, -0.2) is 32.8 Å². The number of carbonyl (C=O) groups excluding carboxylic acids is 1. The van der Waals surface area contributed by atoms with E-state index in [0.29, 0.717) is 0 Å². The third kappa shape index (κ3) is 4.62. The number of nitrogens with zero attached hydrogens (tertiary/aromatic N) is 1. The Morgan fingerprint density at radius 1 is 1.12 bits per heavy atom. The highest BCUT2D eigenvalue weighted by Gasteiger charge is 2.18. The molecule has 0 radical (unpaired) electrons. The molecule has 2 aromatic rings. The number of amides is 1. The summed E-state index contributed by atoms with van der Waals surface area (Å²) in [7, 11) is -1.99. The van der Waals surface area contributed by atoms with E-state index in [2.05, 4.69) is 5.32 Å². The Kier molecular flexibility index (Phi) is 6.05. The second-order valence-electron chi connectivity index (χ2n) is 6.42. The summed E-state index contributed by atoms with van der Waals surface area (Å²) in [5.74, 6) is -0.0596. The summed E-state index contributed by atoms with van der Waals surface area (Å²) in [6.07, 6.45) is 0. The number of aryl methyl sites for hydroxylation is 2. The van der Waals surface area contributed by atoms with E-state index in [0.717, 1.165) is 22.4 Å². The van der Waals surface area contributed by atoms with Crippen molar-refractivity contribution in [2.24, 2.45) is 5.14 Å². The number of likely N-dealkylation sites (N-methyl/N-ethyl adjacent to an activating group) is 1. The molecule has 140 valence electrons. The Labute approximate surface area is 155 Å². The lowest BCUT2D eigenvalue weighted by Crippen LogP contribution is -2.34. The Balaban J connectivity index is 2.05. The zero-order chi connectivity index (χ0) is 19.5. The van der Waals surface area contributed by atoms with Gasteiger partial charge in [-0.05, 0) is 49.6 Å². The maximum Gasteiger partial charge on any atom is 0.242 e. The molecule has 26 heavy (non-hydrogen) atoms. The summed E-state index contributed by atoms with van der Waals surface area (Å²) in [5, 5.41) is 8.32. The van der Waals surface area contributed by atoms with Gasteiger partial charge >= 0.3 is 0 Å². The third-order valence-corrected chi connectivity index (χ3v) is 5.49. The maximum absolute atomic E-state index is 12.5. The lowest BCUT2D eigenvalue weighted by molar-refractivity contribution is -0.129. The van der Waals surface area contributed by atoms with Crippen LogP contribution in [0.15, 0.2) is 47.4 Å². The van der Waals surface area contributed by atoms with Crippen molar-refractivity contribution in [2.45, 2.75) is 31.7 Å². The number of rotatable bonds is 6. The molecule has 0 saturated heterocycles. The fraction of sp³-hybridized carbons (Fsp3) is 0.316. The molecule has 0 aliphatic heterocycles. The molecule has 0 spiro atoms. The lowest BCUT2D eigenvalue weighted by Gasteiger charge is -2.26. The predicted octanol–water partition coefficient (Wildman–Crippen LogP) is 2.58. The average molecular weight is 375 g/mol. The van der Waals surface area contributed by atoms with Gasteiger partial charge in [-0.3, -0.25) is 4.79 Å². The molecule has 0 heterocycles. The molecule has 1 amide bonds. The summed E-state index contributed by atoms with van der Waals surface area (Å²) in [4.78, 5) is 14.2. The monoisotopic (exact) mass is 375 g/mol. The number of nitrogens with two attached hydrogens (primary N) is 1. The molecule has 0 aliphatic rings. The number of primary sulfonamides is 1. The van der Waals surface area contributed by atoms with Crippen molar-refractivity contribution in [3.8, 4) is 0 Å². The van der Waals surface area contributed by atoms with Gasteiger partial charge in [-0.25, -0.2) is 13.6 Å². The molecule has 0 fully saturated rings. The van der Waals surface area contributed by atoms with Crippen LogP contribution in [0.5, 0.6) is 0 Å². The smallest absolute Gasteiger partial charge is 0.242 e. The Morgan fingerprint density at radius 2 is 1.65 bits per heavy atom. The van der Waals surface area contributed by atoms with Gasteiger partial charge in [-0.1, -0.05) is 30.3 Å². The summed E-state index contributed by atoms with van der Waals surface area (Å²) in [6.45, 7) is 6.07. The summed E-state index contributed by atoms with van der Waals surface area (Å²) < 4.78 is 22.7. The minimum absolute atomic E-state index is 0.0547. The number of para-hydroxylation sites is 1. The van der Waals surface area contributed by atoms with Gasteiger partial charge in [0.05, 0.1) is 17.5 Å². The van der Waals surface area contributed by atoms with Gasteiger partial charge in [0.2, 0.25) is 15.9 Å². The zero-order valence-corrected chi connectivity index (χ0v) is 16.3. The highest BCUT2D eigenvalue weighted by molar-refractivity contribution is 7.89. The summed E-state index contributed by atoms with van der Waals surface area (Å²) in [5.41, 5.74) is 3.99. The molecule has 1 atom stereocenters. The third-order valence-electron chi connectivity index (χ3n) is 4.56. The second-order valence-corrected chi connectivity index (χ2v) is 7.98. The number of hydrogen-bond acceptors (Lipinski definition) is 4. The van der Waals surface area contributed by atoms with E-state index in [1.807, 2.05) is 39.0 Å². The molecular formula is C19H25N3O3S. The first-order valence-corrected chi connectivity index (χ1v) is 9.84. The van der Waals surface area contributed by atoms with Crippen LogP contribution in [0.25, 0.3) is 0 Å². The van der Waals surface area contributed by atoms with Crippen molar-refractivity contribution in [3.05, 3.63) is 59.2 Å². The fourth-order valence-electron chi connectivity index (χ4n) is 2.76. The molecule has 0 bridgehead atoms. The van der Waals surface area contributed by atoms with Crippen LogP contribution in [0.2, 0.25) is 0 Å². The first-order chi connectivity index (χ1) is 12.1. The van der Waals surface area contributed by atoms with E-state index >= 15 is 0 Å². The van der Waals surface area contributed by atoms with Crippen LogP contribution in [0, 0.1) is 13.8 Å². The lowest BCUT2D eigenvalue weighted by atomic mass is 10.1. The topological polar surface area (TPSA) is 92.5 Å². The van der Waals surface area contributed by atoms with Crippen molar-refractivity contribution >= 4 is 21.6 Å². The molecule has 1 unspecified atom stereocenters. The van der Waals surface area contributed by atoms with Crippen LogP contribution in [0.3, 0.4) is 0 Å². The van der Waals surface area contributed by atoms with E-state index in [9.17, 15) is 13.2 Å². The summed E-state index contributed by atoms with van der Waals surface area (Å²) in [6, 6.07) is 12.0. The average Bonchev–Trinajstić information content (AvgIpc) is 2.59. The van der Waals surface area contributed by atoms with E-state index in [1.165, 1.54) is 12.1 Å². The molecule has 3 N–H and O–H groups in total. The largest absolute Gasteiger partial charge is 0.376 e. The van der Waals surface area contributed by atoms with Crippen LogP contribution in [-0.2, 0) is 14.8 Å². The first kappa shape index (κ1) is 19.9. The van der Waals surface area contributed by atoms with Gasteiger partial charge in [-0.2, -0.15) is 0 Å². The number of benzene rings is 2. The van der Waals surface area contributed by atoms with E-state index in [-0.39, 0.29) is 23.4 Å². The van der Waals surface area contributed by atoms with Crippen molar-refractivity contribution in [3.63, 3.8) is 0 Å². The molecule has 7 heteroatoms. The van der Waals surface area contributed by atoms with E-state index in [1.54, 1.807) is 24.1 Å². The number of nitrogens with one attached hydrogen (secondary N) is 1. The SMILES string of the molecule is Cc1cccc(C)c1NCC(=O)N(C)C(C)c1ccc(S(N)(=O)=O)cc1. The van der Waals surface area contributed by atoms with Crippen LogP contribution in [0.1, 0.15) is 29.7 Å². The van der Waals surface area contributed by atoms with Crippen molar-refractivity contribution in [1.82, 2.24) is 4.90 Å². The molecule has 0 aliphatic carbocycles. The minimum Gasteiger partial charge on any atom is -0.376 e. The molecule has 0 saturated carbocycles. The van der Waals surface area contributed by atoms with E-state index < -0.39 is 10.0 Å². The molecule has 0 aromatic heterocycles. The Morgan fingerprint density at radius 3 is 2.15 bits per heavy atom. The number of sulfonamides is 1. The van der Waals surface area contributed by atoms with Gasteiger partial charge < -0.3 is 10.2 Å². The minimum atomic E-state index is -3.72. The van der Waals surface area contributed by atoms with Crippen LogP contribution in [0.4, 0.5) is 5.69 Å². The standard InChI is InChI=1S/C19H25N3O3S/c1-13-6-5-7-14(2)19(13)21-12-18(23)22(4)15(3)16-8-10-17(11-9-16)26(20,24)25/h5-11,15,21H,12H2,1-4H3,(H2,20,24,25). The highest BCUT2D eigenvalue weighted by atomic mass is 32.2. The molecule has 2 rings (SSSR count). The van der Waals surface area contributed by atoms with Crippen LogP contribution >= 0.6 is 0 Å². The van der Waals surface area contributed by atoms with Crippen molar-refractivity contribution < 1.29 is 13.2 Å². The van der Waals surface area contributed by atoms with Gasteiger partial charge in [-0.15, -0.1) is 0 Å². The number of carbonyl (C=O) groups is 1. The zero-order valence-electron chi connectivity index (χ0n) is 15.5.